The highest BCUT2D eigenvalue weighted by molar-refractivity contribution is 6.37. The summed E-state index contributed by atoms with van der Waals surface area (Å²) in [6.07, 6.45) is 1.79. The van der Waals surface area contributed by atoms with E-state index in [4.69, 9.17) is 9.84 Å². The van der Waals surface area contributed by atoms with Crippen LogP contribution in [0, 0.1) is 0 Å². The van der Waals surface area contributed by atoms with Crippen LogP contribution < -0.4 is 10.1 Å². The molecule has 8 heteroatoms. The highest BCUT2D eigenvalue weighted by Crippen LogP contribution is 2.26. The van der Waals surface area contributed by atoms with Crippen molar-refractivity contribution >= 4 is 34.4 Å². The zero-order valence-corrected chi connectivity index (χ0v) is 14.3. The maximum Gasteiger partial charge on any atom is 0.394 e. The van der Waals surface area contributed by atoms with Gasteiger partial charge in [0.2, 0.25) is 0 Å². The van der Waals surface area contributed by atoms with Crippen LogP contribution in [0.25, 0.3) is 10.9 Å². The van der Waals surface area contributed by atoms with Crippen LogP contribution >= 0.6 is 0 Å². The van der Waals surface area contributed by atoms with E-state index in [0.29, 0.717) is 23.2 Å². The first-order chi connectivity index (χ1) is 12.9. The standard InChI is InChI=1S/C19H16N2O6/c1-27-13-4-2-3-11(7-13)10-21-6-5-12-8-14(18(23)24)15(9-16(12)21)20-17(22)19(25)26/h2-9H,10H2,1H3,(H,20,22)(H,23,24)(H,25,26). The predicted octanol–water partition coefficient (Wildman–Crippen LogP) is 2.42. The molecule has 3 rings (SSSR count). The van der Waals surface area contributed by atoms with Gasteiger partial charge >= 0.3 is 17.8 Å². The molecule has 1 amide bonds. The molecule has 1 heterocycles. The van der Waals surface area contributed by atoms with Gasteiger partial charge in [0.15, 0.2) is 0 Å². The third-order valence-corrected chi connectivity index (χ3v) is 4.07. The summed E-state index contributed by atoms with van der Waals surface area (Å²) in [7, 11) is 1.58. The topological polar surface area (TPSA) is 118 Å². The van der Waals surface area contributed by atoms with Crippen LogP contribution in [0.15, 0.2) is 48.7 Å². The maximum atomic E-state index is 11.5. The van der Waals surface area contributed by atoms with Gasteiger partial charge in [-0.15, -0.1) is 0 Å². The van der Waals surface area contributed by atoms with Crippen LogP contribution in [0.5, 0.6) is 5.75 Å². The number of hydrogen-bond acceptors (Lipinski definition) is 4. The van der Waals surface area contributed by atoms with Crippen LogP contribution in [-0.4, -0.2) is 39.7 Å². The summed E-state index contributed by atoms with van der Waals surface area (Å²) < 4.78 is 7.08. The number of ether oxygens (including phenoxy) is 1. The van der Waals surface area contributed by atoms with Gasteiger partial charge in [-0.2, -0.15) is 0 Å². The molecule has 0 fully saturated rings. The first-order valence-electron chi connectivity index (χ1n) is 7.92. The van der Waals surface area contributed by atoms with Crippen molar-refractivity contribution in [3.05, 3.63) is 59.8 Å². The Balaban J connectivity index is 2.04. The molecule has 0 aliphatic carbocycles. The number of carboxylic acids is 2. The second-order valence-corrected chi connectivity index (χ2v) is 5.82. The van der Waals surface area contributed by atoms with Gasteiger partial charge in [0.25, 0.3) is 0 Å². The second kappa shape index (κ2) is 7.20. The van der Waals surface area contributed by atoms with E-state index in [-0.39, 0.29) is 11.3 Å². The van der Waals surface area contributed by atoms with Gasteiger partial charge in [0, 0.05) is 18.1 Å². The maximum absolute atomic E-state index is 11.5. The lowest BCUT2D eigenvalue weighted by Crippen LogP contribution is -2.23. The molecule has 3 aromatic rings. The number of rotatable bonds is 5. The average molecular weight is 368 g/mol. The van der Waals surface area contributed by atoms with Gasteiger partial charge in [0.05, 0.1) is 23.9 Å². The Hall–Kier alpha value is -3.81. The first kappa shape index (κ1) is 18.0. The zero-order valence-electron chi connectivity index (χ0n) is 14.3. The van der Waals surface area contributed by atoms with Crippen molar-refractivity contribution < 1.29 is 29.3 Å². The number of carboxylic acid groups (broad SMARTS) is 2. The molecule has 0 bridgehead atoms. The highest BCUT2D eigenvalue weighted by atomic mass is 16.5. The summed E-state index contributed by atoms with van der Waals surface area (Å²) in [5, 5.41) is 20.9. The molecule has 2 aromatic carbocycles. The number of aromatic nitrogens is 1. The number of anilines is 1. The Morgan fingerprint density at radius 2 is 1.89 bits per heavy atom. The number of carbonyl (C=O) groups is 3. The number of hydrogen-bond donors (Lipinski definition) is 3. The molecular formula is C19H16N2O6. The third kappa shape index (κ3) is 3.74. The molecule has 1 aromatic heterocycles. The van der Waals surface area contributed by atoms with Crippen LogP contribution in [0.4, 0.5) is 5.69 Å². The molecule has 0 aliphatic rings. The smallest absolute Gasteiger partial charge is 0.394 e. The normalized spacial score (nSPS) is 10.6. The molecule has 138 valence electrons. The SMILES string of the molecule is COc1cccc(Cn2ccc3cc(C(=O)O)c(NC(=O)C(=O)O)cc32)c1. The molecule has 0 atom stereocenters. The van der Waals surface area contributed by atoms with Crippen molar-refractivity contribution in [1.29, 1.82) is 0 Å². The van der Waals surface area contributed by atoms with E-state index in [1.54, 1.807) is 19.4 Å². The number of nitrogens with zero attached hydrogens (tertiary/aromatic N) is 1. The molecule has 0 spiro atoms. The molecule has 3 N–H and O–H groups in total. The van der Waals surface area contributed by atoms with Gasteiger partial charge in [-0.3, -0.25) is 4.79 Å². The third-order valence-electron chi connectivity index (χ3n) is 4.07. The van der Waals surface area contributed by atoms with Crippen molar-refractivity contribution in [3.63, 3.8) is 0 Å². The van der Waals surface area contributed by atoms with Crippen molar-refractivity contribution in [3.8, 4) is 5.75 Å². The van der Waals surface area contributed by atoms with E-state index >= 15 is 0 Å². The molecular weight excluding hydrogens is 352 g/mol. The summed E-state index contributed by atoms with van der Waals surface area (Å²) in [5.41, 5.74) is 1.36. The number of benzene rings is 2. The predicted molar refractivity (Wildman–Crippen MR) is 97.3 cm³/mol. The highest BCUT2D eigenvalue weighted by Gasteiger charge is 2.19. The summed E-state index contributed by atoms with van der Waals surface area (Å²) in [5.74, 6) is -3.55. The monoisotopic (exact) mass is 368 g/mol. The largest absolute Gasteiger partial charge is 0.497 e. The minimum absolute atomic E-state index is 0.0759. The molecule has 8 nitrogen and oxygen atoms in total. The number of aromatic carboxylic acids is 1. The minimum Gasteiger partial charge on any atom is -0.497 e. The van der Waals surface area contributed by atoms with Crippen LogP contribution in [0.3, 0.4) is 0 Å². The lowest BCUT2D eigenvalue weighted by Gasteiger charge is -2.11. The van der Waals surface area contributed by atoms with Gasteiger partial charge in [-0.25, -0.2) is 9.59 Å². The number of aliphatic carboxylic acids is 1. The van der Waals surface area contributed by atoms with Gasteiger partial charge in [-0.1, -0.05) is 12.1 Å². The van der Waals surface area contributed by atoms with Crippen LogP contribution in [0.2, 0.25) is 0 Å². The van der Waals surface area contributed by atoms with E-state index in [2.05, 4.69) is 5.32 Å². The van der Waals surface area contributed by atoms with Gasteiger partial charge < -0.3 is 24.8 Å². The summed E-state index contributed by atoms with van der Waals surface area (Å²) in [6.45, 7) is 0.486. The Morgan fingerprint density at radius 1 is 1.11 bits per heavy atom. The van der Waals surface area contributed by atoms with Crippen molar-refractivity contribution in [2.24, 2.45) is 0 Å². The summed E-state index contributed by atoms with van der Waals surface area (Å²) >= 11 is 0. The Bertz CT molecular complexity index is 1050. The van der Waals surface area contributed by atoms with E-state index < -0.39 is 17.8 Å². The van der Waals surface area contributed by atoms with Crippen molar-refractivity contribution in [2.75, 3.05) is 12.4 Å². The van der Waals surface area contributed by atoms with Gasteiger partial charge in [-0.05, 0) is 35.9 Å². The molecule has 0 saturated carbocycles. The number of nitrogens with one attached hydrogen (secondary N) is 1. The summed E-state index contributed by atoms with van der Waals surface area (Å²) in [6, 6.07) is 12.1. The van der Waals surface area contributed by atoms with Crippen LogP contribution in [-0.2, 0) is 16.1 Å². The number of fused-ring (bicyclic) bond motifs is 1. The van der Waals surface area contributed by atoms with E-state index in [1.807, 2.05) is 28.8 Å². The molecule has 0 saturated heterocycles. The fraction of sp³-hybridized carbons (Fsp3) is 0.105. The van der Waals surface area contributed by atoms with Crippen molar-refractivity contribution in [2.45, 2.75) is 6.54 Å². The second-order valence-electron chi connectivity index (χ2n) is 5.82. The number of carbonyl (C=O) groups excluding carboxylic acids is 1. The fourth-order valence-corrected chi connectivity index (χ4v) is 2.80. The minimum atomic E-state index is -1.70. The molecule has 27 heavy (non-hydrogen) atoms. The number of amides is 1. The lowest BCUT2D eigenvalue weighted by molar-refractivity contribution is -0.147. The quantitative estimate of drug-likeness (QED) is 0.595. The van der Waals surface area contributed by atoms with Gasteiger partial charge in [0.1, 0.15) is 5.75 Å². The molecule has 0 unspecified atom stereocenters. The lowest BCUT2D eigenvalue weighted by atomic mass is 10.1. The zero-order chi connectivity index (χ0) is 19.6. The first-order valence-corrected chi connectivity index (χ1v) is 7.92. The van der Waals surface area contributed by atoms with E-state index in [1.165, 1.54) is 12.1 Å². The Labute approximate surface area is 153 Å². The van der Waals surface area contributed by atoms with E-state index in [9.17, 15) is 19.5 Å². The summed E-state index contributed by atoms with van der Waals surface area (Å²) in [4.78, 5) is 33.7. The molecule has 0 radical (unpaired) electrons. The Morgan fingerprint density at radius 3 is 2.56 bits per heavy atom. The van der Waals surface area contributed by atoms with Crippen molar-refractivity contribution in [1.82, 2.24) is 4.57 Å². The average Bonchev–Trinajstić information content (AvgIpc) is 3.02. The fourth-order valence-electron chi connectivity index (χ4n) is 2.80. The van der Waals surface area contributed by atoms with Crippen LogP contribution in [0.1, 0.15) is 15.9 Å². The molecule has 0 aliphatic heterocycles. The van der Waals surface area contributed by atoms with E-state index in [0.717, 1.165) is 5.56 Å². The Kier molecular flexibility index (Phi) is 4.80. The number of methoxy groups -OCH3 is 1.